The van der Waals surface area contributed by atoms with E-state index in [0.29, 0.717) is 34.6 Å². The Balaban J connectivity index is 1.54. The lowest BCUT2D eigenvalue weighted by Gasteiger charge is -2.33. The molecule has 3 heterocycles. The van der Waals surface area contributed by atoms with Crippen LogP contribution in [0.4, 0.5) is 37.0 Å². The lowest BCUT2D eigenvalue weighted by molar-refractivity contribution is -0.143. The summed E-state index contributed by atoms with van der Waals surface area (Å²) in [6.07, 6.45) is -11.8. The number of carbonyl (C=O) groups is 2. The number of carbonyl (C=O) groups excluding carboxylic acids is 1. The maximum atomic E-state index is 13.6. The fraction of sp³-hybridized carbons (Fsp3) is 0.406. The summed E-state index contributed by atoms with van der Waals surface area (Å²) in [6, 6.07) is 8.21. The molecule has 2 fully saturated rings. The third kappa shape index (κ3) is 6.56. The molecule has 2 atom stereocenters. The third-order valence-corrected chi connectivity index (χ3v) is 8.45. The van der Waals surface area contributed by atoms with Gasteiger partial charge in [-0.05, 0) is 66.9 Å². The number of halogens is 6. The molecule has 14 heteroatoms. The number of carboxylic acids is 1. The van der Waals surface area contributed by atoms with Crippen LogP contribution in [-0.4, -0.2) is 51.3 Å². The van der Waals surface area contributed by atoms with E-state index in [1.54, 1.807) is 38.1 Å². The minimum Gasteiger partial charge on any atom is -0.507 e. The summed E-state index contributed by atoms with van der Waals surface area (Å²) < 4.78 is 86.7. The molecule has 1 amide bonds. The zero-order chi connectivity index (χ0) is 33.8. The summed E-state index contributed by atoms with van der Waals surface area (Å²) in [5, 5.41) is 20.3. The van der Waals surface area contributed by atoms with Gasteiger partial charge in [-0.1, -0.05) is 19.9 Å². The Hall–Kier alpha value is -4.49. The Bertz CT molecular complexity index is 1640. The highest BCUT2D eigenvalue weighted by Crippen LogP contribution is 2.43. The standard InChI is InChI=1S/C32H31F6N3O5/c1-17-28(18-11-20(31(33,34)35)13-21(12-18)32(36,37)38)46-29(45)41(17)16-24-22(6-8-26(39-24)40-9-4-10-40)23-14-19(5-7-25(23)42)30(2,3)15-27(43)44/h5-8,11-14,17,28,42H,4,9-10,15-16H2,1-3H3,(H,43,44)/t17?,28-/m0/s1. The van der Waals surface area contributed by atoms with Gasteiger partial charge in [-0.25, -0.2) is 9.78 Å². The average Bonchev–Trinajstić information content (AvgIpc) is 3.19. The van der Waals surface area contributed by atoms with Crippen molar-refractivity contribution in [2.75, 3.05) is 18.0 Å². The molecule has 2 aromatic carbocycles. The predicted octanol–water partition coefficient (Wildman–Crippen LogP) is 7.54. The van der Waals surface area contributed by atoms with Crippen LogP contribution in [0, 0.1) is 0 Å². The quantitative estimate of drug-likeness (QED) is 0.243. The van der Waals surface area contributed by atoms with Gasteiger partial charge < -0.3 is 19.8 Å². The SMILES string of the molecule is CC1[C@@H](c2cc(C(F)(F)F)cc(C(F)(F)F)c2)OC(=O)N1Cc1nc(N2CCC2)ccc1-c1cc(C(C)(C)CC(=O)O)ccc1O. The number of cyclic esters (lactones) is 1. The molecule has 0 bridgehead atoms. The third-order valence-electron chi connectivity index (χ3n) is 8.45. The number of aromatic hydroxyl groups is 1. The minimum atomic E-state index is -5.08. The number of alkyl halides is 6. The summed E-state index contributed by atoms with van der Waals surface area (Å²) in [6.45, 7) is 6.15. The minimum absolute atomic E-state index is 0.0124. The van der Waals surface area contributed by atoms with E-state index in [0.717, 1.165) is 19.5 Å². The first-order valence-electron chi connectivity index (χ1n) is 14.4. The van der Waals surface area contributed by atoms with E-state index >= 15 is 0 Å². The van der Waals surface area contributed by atoms with Gasteiger partial charge in [-0.15, -0.1) is 0 Å². The number of pyridine rings is 1. The number of aliphatic carboxylic acids is 1. The first-order chi connectivity index (χ1) is 21.3. The van der Waals surface area contributed by atoms with Crippen LogP contribution in [0.25, 0.3) is 11.1 Å². The summed E-state index contributed by atoms with van der Waals surface area (Å²) in [5.41, 5.74) is -2.72. The first kappa shape index (κ1) is 32.9. The number of ether oxygens (including phenoxy) is 1. The van der Waals surface area contributed by atoms with Gasteiger partial charge in [0.15, 0.2) is 0 Å². The highest BCUT2D eigenvalue weighted by Gasteiger charge is 2.43. The molecule has 0 aliphatic carbocycles. The van der Waals surface area contributed by atoms with Gasteiger partial charge >= 0.3 is 24.4 Å². The van der Waals surface area contributed by atoms with E-state index in [9.17, 15) is 46.1 Å². The van der Waals surface area contributed by atoms with Gasteiger partial charge in [0.2, 0.25) is 0 Å². The van der Waals surface area contributed by atoms with Crippen LogP contribution >= 0.6 is 0 Å². The van der Waals surface area contributed by atoms with E-state index in [1.165, 1.54) is 17.9 Å². The number of phenolic OH excluding ortho intramolecular Hbond substituents is 1. The molecule has 0 spiro atoms. The van der Waals surface area contributed by atoms with E-state index < -0.39 is 58.7 Å². The lowest BCUT2D eigenvalue weighted by Crippen LogP contribution is -2.38. The fourth-order valence-corrected chi connectivity index (χ4v) is 5.69. The molecule has 1 unspecified atom stereocenters. The second-order valence-corrected chi connectivity index (χ2v) is 12.2. The largest absolute Gasteiger partial charge is 0.507 e. The number of hydrogen-bond acceptors (Lipinski definition) is 6. The van der Waals surface area contributed by atoms with Crippen molar-refractivity contribution < 1.29 is 50.9 Å². The monoisotopic (exact) mass is 651 g/mol. The lowest BCUT2D eigenvalue weighted by atomic mass is 9.80. The van der Waals surface area contributed by atoms with E-state index in [4.69, 9.17) is 9.72 Å². The number of amides is 1. The normalized spacial score (nSPS) is 18.8. The molecule has 46 heavy (non-hydrogen) atoms. The number of benzene rings is 2. The number of nitrogens with zero attached hydrogens (tertiary/aromatic N) is 3. The number of rotatable bonds is 8. The zero-order valence-electron chi connectivity index (χ0n) is 25.0. The molecule has 8 nitrogen and oxygen atoms in total. The summed E-state index contributed by atoms with van der Waals surface area (Å²) in [5.74, 6) is -0.579. The highest BCUT2D eigenvalue weighted by atomic mass is 19.4. The van der Waals surface area contributed by atoms with Crippen molar-refractivity contribution in [3.63, 3.8) is 0 Å². The van der Waals surface area contributed by atoms with Crippen molar-refractivity contribution in [2.45, 2.75) is 70.1 Å². The molecule has 1 aromatic heterocycles. The molecule has 0 radical (unpaired) electrons. The van der Waals surface area contributed by atoms with E-state index in [-0.39, 0.29) is 30.5 Å². The smallest absolute Gasteiger partial charge is 0.416 e. The van der Waals surface area contributed by atoms with Crippen LogP contribution < -0.4 is 4.90 Å². The number of anilines is 1. The molecule has 2 N–H and O–H groups in total. The van der Waals surface area contributed by atoms with Crippen LogP contribution in [0.1, 0.15) is 67.7 Å². The van der Waals surface area contributed by atoms with Gasteiger partial charge in [0.05, 0.1) is 35.8 Å². The molecule has 246 valence electrons. The summed E-state index contributed by atoms with van der Waals surface area (Å²) >= 11 is 0. The van der Waals surface area contributed by atoms with E-state index in [2.05, 4.69) is 0 Å². The van der Waals surface area contributed by atoms with Gasteiger partial charge in [0.25, 0.3) is 0 Å². The number of aromatic nitrogens is 1. The van der Waals surface area contributed by atoms with Gasteiger partial charge in [0, 0.05) is 29.6 Å². The highest BCUT2D eigenvalue weighted by molar-refractivity contribution is 5.76. The predicted molar refractivity (Wildman–Crippen MR) is 154 cm³/mol. The van der Waals surface area contributed by atoms with Crippen LogP contribution in [-0.2, 0) is 33.8 Å². The fourth-order valence-electron chi connectivity index (χ4n) is 5.69. The Morgan fingerprint density at radius 1 is 0.935 bits per heavy atom. The van der Waals surface area contributed by atoms with Crippen LogP contribution in [0.2, 0.25) is 0 Å². The van der Waals surface area contributed by atoms with Crippen molar-refractivity contribution in [2.24, 2.45) is 0 Å². The number of phenols is 1. The number of carboxylic acid groups (broad SMARTS) is 1. The van der Waals surface area contributed by atoms with Crippen molar-refractivity contribution in [3.05, 3.63) is 76.5 Å². The Morgan fingerprint density at radius 2 is 1.57 bits per heavy atom. The van der Waals surface area contributed by atoms with Crippen molar-refractivity contribution in [3.8, 4) is 16.9 Å². The molecule has 0 saturated carbocycles. The van der Waals surface area contributed by atoms with Gasteiger partial charge in [-0.3, -0.25) is 9.69 Å². The van der Waals surface area contributed by atoms with Crippen molar-refractivity contribution in [1.82, 2.24) is 9.88 Å². The Morgan fingerprint density at radius 3 is 2.11 bits per heavy atom. The Labute approximate surface area is 260 Å². The van der Waals surface area contributed by atoms with Crippen LogP contribution in [0.3, 0.4) is 0 Å². The molecular weight excluding hydrogens is 620 g/mol. The maximum absolute atomic E-state index is 13.6. The van der Waals surface area contributed by atoms with Crippen LogP contribution in [0.5, 0.6) is 5.75 Å². The van der Waals surface area contributed by atoms with Gasteiger partial charge in [-0.2, -0.15) is 26.3 Å². The zero-order valence-corrected chi connectivity index (χ0v) is 25.0. The summed E-state index contributed by atoms with van der Waals surface area (Å²) in [7, 11) is 0. The second kappa shape index (κ2) is 11.7. The topological polar surface area (TPSA) is 103 Å². The number of hydrogen-bond donors (Lipinski definition) is 2. The van der Waals surface area contributed by atoms with E-state index in [1.807, 2.05) is 4.90 Å². The van der Waals surface area contributed by atoms with Gasteiger partial charge in [0.1, 0.15) is 17.7 Å². The average molecular weight is 652 g/mol. The molecule has 2 aliphatic rings. The molecular formula is C32H31F6N3O5. The van der Waals surface area contributed by atoms with Crippen LogP contribution in [0.15, 0.2) is 48.5 Å². The van der Waals surface area contributed by atoms with Crippen molar-refractivity contribution in [1.29, 1.82) is 0 Å². The molecule has 2 saturated heterocycles. The molecule has 5 rings (SSSR count). The Kier molecular flexibility index (Phi) is 8.37. The second-order valence-electron chi connectivity index (χ2n) is 12.2. The molecule has 2 aliphatic heterocycles. The molecule has 3 aromatic rings. The first-order valence-corrected chi connectivity index (χ1v) is 14.4. The summed E-state index contributed by atoms with van der Waals surface area (Å²) in [4.78, 5) is 32.5. The van der Waals surface area contributed by atoms with Crippen molar-refractivity contribution >= 4 is 17.9 Å². The maximum Gasteiger partial charge on any atom is 0.416 e.